The van der Waals surface area contributed by atoms with Crippen molar-refractivity contribution >= 4 is 18.3 Å². The van der Waals surface area contributed by atoms with E-state index < -0.39 is 0 Å². The summed E-state index contributed by atoms with van der Waals surface area (Å²) in [5, 5.41) is 3.24. The summed E-state index contributed by atoms with van der Waals surface area (Å²) in [4.78, 5) is 14.4. The van der Waals surface area contributed by atoms with Crippen molar-refractivity contribution in [2.75, 3.05) is 46.0 Å². The zero-order valence-corrected chi connectivity index (χ0v) is 13.2. The number of benzene rings is 1. The normalized spacial score (nSPS) is 14.4. The SMILES string of the molecule is CCOCCOc1ccccc1C(=O)N1CCNCC1.Cl. The molecular formula is C15H23ClN2O3. The lowest BCUT2D eigenvalue weighted by Crippen LogP contribution is -2.46. The van der Waals surface area contributed by atoms with E-state index in [0.717, 1.165) is 26.2 Å². The van der Waals surface area contributed by atoms with Crippen LogP contribution in [-0.4, -0.2) is 56.8 Å². The van der Waals surface area contributed by atoms with Crippen LogP contribution in [0.4, 0.5) is 0 Å². The Morgan fingerprint density at radius 1 is 1.24 bits per heavy atom. The second-order valence-electron chi connectivity index (χ2n) is 4.58. The Balaban J connectivity index is 0.00000220. The number of carbonyl (C=O) groups excluding carboxylic acids is 1. The predicted octanol–water partition coefficient (Wildman–Crippen LogP) is 1.57. The van der Waals surface area contributed by atoms with Crippen LogP contribution in [0.5, 0.6) is 5.75 Å². The van der Waals surface area contributed by atoms with Crippen molar-refractivity contribution in [3.05, 3.63) is 29.8 Å². The van der Waals surface area contributed by atoms with Gasteiger partial charge in [-0.25, -0.2) is 0 Å². The molecule has 2 rings (SSSR count). The lowest BCUT2D eigenvalue weighted by Gasteiger charge is -2.28. The van der Waals surface area contributed by atoms with Crippen LogP contribution < -0.4 is 10.1 Å². The summed E-state index contributed by atoms with van der Waals surface area (Å²) >= 11 is 0. The van der Waals surface area contributed by atoms with Gasteiger partial charge >= 0.3 is 0 Å². The van der Waals surface area contributed by atoms with E-state index >= 15 is 0 Å². The third-order valence-electron chi connectivity index (χ3n) is 3.21. The number of amides is 1. The molecule has 1 heterocycles. The Bertz CT molecular complexity index is 437. The zero-order valence-electron chi connectivity index (χ0n) is 12.3. The molecule has 1 aliphatic rings. The quantitative estimate of drug-likeness (QED) is 0.810. The van der Waals surface area contributed by atoms with Crippen LogP contribution in [-0.2, 0) is 4.74 Å². The van der Waals surface area contributed by atoms with E-state index in [4.69, 9.17) is 9.47 Å². The van der Waals surface area contributed by atoms with Crippen LogP contribution in [0.2, 0.25) is 0 Å². The van der Waals surface area contributed by atoms with Crippen molar-refractivity contribution in [1.82, 2.24) is 10.2 Å². The molecule has 1 aromatic rings. The van der Waals surface area contributed by atoms with Crippen molar-refractivity contribution in [2.24, 2.45) is 0 Å². The molecule has 0 atom stereocenters. The van der Waals surface area contributed by atoms with Gasteiger partial charge in [-0.1, -0.05) is 12.1 Å². The molecule has 0 saturated carbocycles. The highest BCUT2D eigenvalue weighted by Crippen LogP contribution is 2.20. The molecule has 0 aromatic heterocycles. The van der Waals surface area contributed by atoms with Crippen LogP contribution in [0.15, 0.2) is 24.3 Å². The molecular weight excluding hydrogens is 292 g/mol. The van der Waals surface area contributed by atoms with E-state index in [1.54, 1.807) is 0 Å². The molecule has 6 heteroatoms. The first-order valence-corrected chi connectivity index (χ1v) is 7.12. The minimum absolute atomic E-state index is 0. The molecule has 1 N–H and O–H groups in total. The number of piperazine rings is 1. The van der Waals surface area contributed by atoms with Gasteiger partial charge in [0.25, 0.3) is 5.91 Å². The van der Waals surface area contributed by atoms with Gasteiger partial charge in [-0.3, -0.25) is 4.79 Å². The fraction of sp³-hybridized carbons (Fsp3) is 0.533. The maximum absolute atomic E-state index is 12.5. The number of hydrogen-bond donors (Lipinski definition) is 1. The van der Waals surface area contributed by atoms with Gasteiger partial charge in [0.2, 0.25) is 0 Å². The van der Waals surface area contributed by atoms with Gasteiger partial charge in [-0.2, -0.15) is 0 Å². The minimum atomic E-state index is 0. The lowest BCUT2D eigenvalue weighted by molar-refractivity contribution is 0.0725. The molecule has 1 aliphatic heterocycles. The van der Waals surface area contributed by atoms with Gasteiger partial charge in [0, 0.05) is 32.8 Å². The van der Waals surface area contributed by atoms with Crippen LogP contribution in [0.25, 0.3) is 0 Å². The van der Waals surface area contributed by atoms with Gasteiger partial charge in [-0.05, 0) is 19.1 Å². The van der Waals surface area contributed by atoms with Crippen molar-refractivity contribution in [3.63, 3.8) is 0 Å². The second kappa shape index (κ2) is 9.60. The third-order valence-corrected chi connectivity index (χ3v) is 3.21. The van der Waals surface area contributed by atoms with E-state index in [-0.39, 0.29) is 18.3 Å². The van der Waals surface area contributed by atoms with E-state index in [1.807, 2.05) is 36.1 Å². The van der Waals surface area contributed by atoms with Gasteiger partial charge in [0.15, 0.2) is 0 Å². The molecule has 0 bridgehead atoms. The number of rotatable bonds is 6. The molecule has 21 heavy (non-hydrogen) atoms. The number of carbonyl (C=O) groups is 1. The summed E-state index contributed by atoms with van der Waals surface area (Å²) in [6, 6.07) is 7.40. The van der Waals surface area contributed by atoms with Gasteiger partial charge < -0.3 is 19.7 Å². The number of para-hydroxylation sites is 1. The smallest absolute Gasteiger partial charge is 0.257 e. The molecule has 0 unspecified atom stereocenters. The fourth-order valence-electron chi connectivity index (χ4n) is 2.16. The molecule has 0 aliphatic carbocycles. The summed E-state index contributed by atoms with van der Waals surface area (Å²) in [6.07, 6.45) is 0. The van der Waals surface area contributed by atoms with E-state index in [9.17, 15) is 4.79 Å². The molecule has 1 fully saturated rings. The van der Waals surface area contributed by atoms with Crippen molar-refractivity contribution in [3.8, 4) is 5.75 Å². The molecule has 1 aromatic carbocycles. The number of ether oxygens (including phenoxy) is 2. The topological polar surface area (TPSA) is 50.8 Å². The van der Waals surface area contributed by atoms with Crippen LogP contribution in [0.3, 0.4) is 0 Å². The first kappa shape index (κ1) is 17.8. The molecule has 1 saturated heterocycles. The van der Waals surface area contributed by atoms with Crippen LogP contribution in [0, 0.1) is 0 Å². The molecule has 5 nitrogen and oxygen atoms in total. The highest BCUT2D eigenvalue weighted by atomic mass is 35.5. The number of nitrogens with one attached hydrogen (secondary N) is 1. The minimum Gasteiger partial charge on any atom is -0.490 e. The number of halogens is 1. The van der Waals surface area contributed by atoms with Gasteiger partial charge in [0.05, 0.1) is 12.2 Å². The van der Waals surface area contributed by atoms with E-state index in [0.29, 0.717) is 31.1 Å². The first-order chi connectivity index (χ1) is 9.83. The second-order valence-corrected chi connectivity index (χ2v) is 4.58. The average molecular weight is 315 g/mol. The zero-order chi connectivity index (χ0) is 14.2. The summed E-state index contributed by atoms with van der Waals surface area (Å²) in [5.41, 5.74) is 0.630. The Morgan fingerprint density at radius 2 is 1.95 bits per heavy atom. The number of nitrogens with zero attached hydrogens (tertiary/aromatic N) is 1. The lowest BCUT2D eigenvalue weighted by atomic mass is 10.1. The summed E-state index contributed by atoms with van der Waals surface area (Å²) in [6.45, 7) is 6.79. The Hall–Kier alpha value is -1.30. The molecule has 118 valence electrons. The van der Waals surface area contributed by atoms with Crippen LogP contribution in [0.1, 0.15) is 17.3 Å². The van der Waals surface area contributed by atoms with Crippen molar-refractivity contribution in [2.45, 2.75) is 6.92 Å². The maximum Gasteiger partial charge on any atom is 0.257 e. The predicted molar refractivity (Wildman–Crippen MR) is 84.5 cm³/mol. The maximum atomic E-state index is 12.5. The molecule has 1 amide bonds. The van der Waals surface area contributed by atoms with Crippen LogP contribution >= 0.6 is 12.4 Å². The number of hydrogen-bond acceptors (Lipinski definition) is 4. The fourth-order valence-corrected chi connectivity index (χ4v) is 2.16. The van der Waals surface area contributed by atoms with Crippen molar-refractivity contribution < 1.29 is 14.3 Å². The standard InChI is InChI=1S/C15H22N2O3.ClH/c1-2-19-11-12-20-14-6-4-3-5-13(14)15(18)17-9-7-16-8-10-17;/h3-6,16H,2,7-12H2,1H3;1H. The highest BCUT2D eigenvalue weighted by molar-refractivity contribution is 5.97. The monoisotopic (exact) mass is 314 g/mol. The summed E-state index contributed by atoms with van der Waals surface area (Å²) < 4.78 is 10.9. The van der Waals surface area contributed by atoms with Gasteiger partial charge in [-0.15, -0.1) is 12.4 Å². The Labute approximate surface area is 132 Å². The molecule has 0 spiro atoms. The highest BCUT2D eigenvalue weighted by Gasteiger charge is 2.20. The van der Waals surface area contributed by atoms with Gasteiger partial charge in [0.1, 0.15) is 12.4 Å². The van der Waals surface area contributed by atoms with E-state index in [2.05, 4.69) is 5.32 Å². The van der Waals surface area contributed by atoms with E-state index in [1.165, 1.54) is 0 Å². The average Bonchev–Trinajstić information content (AvgIpc) is 2.52. The first-order valence-electron chi connectivity index (χ1n) is 7.12. The third kappa shape index (κ3) is 5.19. The summed E-state index contributed by atoms with van der Waals surface area (Å²) in [7, 11) is 0. The Morgan fingerprint density at radius 3 is 2.67 bits per heavy atom. The van der Waals surface area contributed by atoms with Crippen molar-refractivity contribution in [1.29, 1.82) is 0 Å². The largest absolute Gasteiger partial charge is 0.490 e. The summed E-state index contributed by atoms with van der Waals surface area (Å²) in [5.74, 6) is 0.675. The molecule has 0 radical (unpaired) electrons. The Kier molecular flexibility index (Phi) is 8.12.